The Hall–Kier alpha value is -2.18. The van der Waals surface area contributed by atoms with Crippen molar-refractivity contribution in [2.75, 3.05) is 13.2 Å². The molecule has 1 unspecified atom stereocenters. The highest BCUT2D eigenvalue weighted by Gasteiger charge is 2.15. The lowest BCUT2D eigenvalue weighted by Crippen LogP contribution is -2.35. The van der Waals surface area contributed by atoms with Gasteiger partial charge in [0.15, 0.2) is 11.6 Å². The number of halogens is 2. The summed E-state index contributed by atoms with van der Waals surface area (Å²) in [5, 5.41) is 10.6. The summed E-state index contributed by atoms with van der Waals surface area (Å²) in [6, 6.07) is 2.82. The predicted octanol–water partition coefficient (Wildman–Crippen LogP) is 1.18. The Morgan fingerprint density at radius 2 is 2.11 bits per heavy atom. The number of carbonyl (C=O) groups excluding carboxylic acids is 1. The molecule has 1 aromatic carbocycles. The van der Waals surface area contributed by atoms with Crippen molar-refractivity contribution in [3.8, 4) is 5.75 Å². The van der Waals surface area contributed by atoms with E-state index >= 15 is 0 Å². The zero-order chi connectivity index (χ0) is 14.4. The Kier molecular flexibility index (Phi) is 5.23. The van der Waals surface area contributed by atoms with Gasteiger partial charge in [-0.05, 0) is 12.1 Å². The average Bonchev–Trinajstić information content (AvgIpc) is 2.34. The third-order valence-electron chi connectivity index (χ3n) is 2.24. The number of hydrogen-bond donors (Lipinski definition) is 2. The Labute approximate surface area is 108 Å². The number of benzene rings is 1. The molecule has 0 aliphatic rings. The van der Waals surface area contributed by atoms with Crippen LogP contribution in [0.4, 0.5) is 8.78 Å². The van der Waals surface area contributed by atoms with Crippen LogP contribution in [0.2, 0.25) is 0 Å². The maximum absolute atomic E-state index is 13.2. The topological polar surface area (TPSA) is 75.6 Å². The molecule has 0 aromatic heterocycles. The van der Waals surface area contributed by atoms with E-state index in [2.05, 4.69) is 5.32 Å². The molecule has 0 aliphatic heterocycles. The van der Waals surface area contributed by atoms with Gasteiger partial charge in [0, 0.05) is 6.07 Å². The quantitative estimate of drug-likeness (QED) is 0.816. The first-order valence-corrected chi connectivity index (χ1v) is 5.47. The Balaban J connectivity index is 2.47. The van der Waals surface area contributed by atoms with Gasteiger partial charge < -0.3 is 15.2 Å². The summed E-state index contributed by atoms with van der Waals surface area (Å²) in [5.41, 5.74) is 0. The van der Waals surface area contributed by atoms with Crippen LogP contribution in [0.15, 0.2) is 18.2 Å². The van der Waals surface area contributed by atoms with Crippen molar-refractivity contribution in [3.63, 3.8) is 0 Å². The predicted molar refractivity (Wildman–Crippen MR) is 61.7 cm³/mol. The van der Waals surface area contributed by atoms with E-state index in [0.717, 1.165) is 12.1 Å². The third-order valence-corrected chi connectivity index (χ3v) is 2.24. The fourth-order valence-corrected chi connectivity index (χ4v) is 1.22. The van der Waals surface area contributed by atoms with Crippen LogP contribution in [0.5, 0.6) is 5.75 Å². The van der Waals surface area contributed by atoms with Crippen molar-refractivity contribution in [3.05, 3.63) is 29.8 Å². The van der Waals surface area contributed by atoms with Crippen LogP contribution in [0.3, 0.4) is 0 Å². The molecular weight excluding hydrogens is 260 g/mol. The maximum Gasteiger partial charge on any atom is 0.322 e. The van der Waals surface area contributed by atoms with Crippen LogP contribution in [-0.4, -0.2) is 30.1 Å². The summed E-state index contributed by atoms with van der Waals surface area (Å²) in [4.78, 5) is 21.7. The molecular formula is C12H13F2NO4. The molecule has 2 N–H and O–H groups in total. The van der Waals surface area contributed by atoms with Gasteiger partial charge >= 0.3 is 5.97 Å². The van der Waals surface area contributed by atoms with Crippen molar-refractivity contribution in [2.24, 2.45) is 5.92 Å². The Bertz CT molecular complexity index is 479. The second-order valence-corrected chi connectivity index (χ2v) is 3.90. The summed E-state index contributed by atoms with van der Waals surface area (Å²) < 4.78 is 30.9. The number of carboxylic acids is 1. The minimum atomic E-state index is -1.16. The Morgan fingerprint density at radius 3 is 2.68 bits per heavy atom. The average molecular weight is 273 g/mol. The number of amides is 1. The van der Waals surface area contributed by atoms with E-state index in [0.29, 0.717) is 6.07 Å². The number of rotatable bonds is 6. The highest BCUT2D eigenvalue weighted by Crippen LogP contribution is 2.18. The van der Waals surface area contributed by atoms with E-state index in [-0.39, 0.29) is 12.4 Å². The molecule has 0 saturated heterocycles. The molecule has 1 aromatic rings. The molecule has 0 heterocycles. The fourth-order valence-electron chi connectivity index (χ4n) is 1.22. The standard InChI is InChI=1S/C12H13F2NO4/c1-7(12(18)15-5-11(16)17)6-19-10-3-2-8(13)4-9(10)14/h2-4,7H,5-6H2,1H3,(H,15,18)(H,16,17). The monoisotopic (exact) mass is 273 g/mol. The number of carbonyl (C=O) groups is 2. The van der Waals surface area contributed by atoms with E-state index in [1.165, 1.54) is 6.92 Å². The molecule has 0 saturated carbocycles. The van der Waals surface area contributed by atoms with Gasteiger partial charge in [-0.15, -0.1) is 0 Å². The molecule has 19 heavy (non-hydrogen) atoms. The molecule has 0 spiro atoms. The summed E-state index contributed by atoms with van der Waals surface area (Å²) in [6.07, 6.45) is 0. The van der Waals surface area contributed by atoms with Crippen LogP contribution in [0, 0.1) is 17.6 Å². The zero-order valence-corrected chi connectivity index (χ0v) is 10.2. The number of ether oxygens (including phenoxy) is 1. The lowest BCUT2D eigenvalue weighted by atomic mass is 10.2. The molecule has 0 fully saturated rings. The number of nitrogens with one attached hydrogen (secondary N) is 1. The maximum atomic E-state index is 13.2. The largest absolute Gasteiger partial charge is 0.490 e. The van der Waals surface area contributed by atoms with E-state index in [1.54, 1.807) is 0 Å². The molecule has 1 atom stereocenters. The molecule has 0 bridgehead atoms. The Morgan fingerprint density at radius 1 is 1.42 bits per heavy atom. The summed E-state index contributed by atoms with van der Waals surface area (Å²) >= 11 is 0. The molecule has 1 amide bonds. The summed E-state index contributed by atoms with van der Waals surface area (Å²) in [5.74, 6) is -4.10. The minimum Gasteiger partial charge on any atom is -0.490 e. The van der Waals surface area contributed by atoms with Crippen LogP contribution in [0.25, 0.3) is 0 Å². The summed E-state index contributed by atoms with van der Waals surface area (Å²) in [7, 11) is 0. The van der Waals surface area contributed by atoms with Crippen LogP contribution in [-0.2, 0) is 9.59 Å². The lowest BCUT2D eigenvalue weighted by Gasteiger charge is -2.13. The van der Waals surface area contributed by atoms with Gasteiger partial charge in [0.05, 0.1) is 12.5 Å². The summed E-state index contributed by atoms with van der Waals surface area (Å²) in [6.45, 7) is 0.862. The van der Waals surface area contributed by atoms with Gasteiger partial charge in [-0.25, -0.2) is 8.78 Å². The molecule has 7 heteroatoms. The van der Waals surface area contributed by atoms with Gasteiger partial charge in [-0.1, -0.05) is 6.92 Å². The smallest absolute Gasteiger partial charge is 0.322 e. The van der Waals surface area contributed by atoms with E-state index < -0.39 is 36.0 Å². The second-order valence-electron chi connectivity index (χ2n) is 3.90. The SMILES string of the molecule is CC(COc1ccc(F)cc1F)C(=O)NCC(=O)O. The molecule has 5 nitrogen and oxygen atoms in total. The molecule has 1 rings (SSSR count). The molecule has 0 radical (unpaired) electrons. The lowest BCUT2D eigenvalue weighted by molar-refractivity contribution is -0.138. The highest BCUT2D eigenvalue weighted by molar-refractivity contribution is 5.82. The van der Waals surface area contributed by atoms with E-state index in [1.807, 2.05) is 0 Å². The first-order valence-electron chi connectivity index (χ1n) is 5.47. The third kappa shape index (κ3) is 4.90. The van der Waals surface area contributed by atoms with Gasteiger partial charge in [-0.3, -0.25) is 9.59 Å². The minimum absolute atomic E-state index is 0.145. The molecule has 104 valence electrons. The van der Waals surface area contributed by atoms with Gasteiger partial charge in [-0.2, -0.15) is 0 Å². The van der Waals surface area contributed by atoms with E-state index in [4.69, 9.17) is 9.84 Å². The van der Waals surface area contributed by atoms with Crippen molar-refractivity contribution in [1.82, 2.24) is 5.32 Å². The van der Waals surface area contributed by atoms with Crippen molar-refractivity contribution in [2.45, 2.75) is 6.92 Å². The van der Waals surface area contributed by atoms with Gasteiger partial charge in [0.1, 0.15) is 12.4 Å². The van der Waals surface area contributed by atoms with Crippen molar-refractivity contribution < 1.29 is 28.2 Å². The fraction of sp³-hybridized carbons (Fsp3) is 0.333. The van der Waals surface area contributed by atoms with Gasteiger partial charge in [0.2, 0.25) is 5.91 Å². The first-order chi connectivity index (χ1) is 8.90. The second kappa shape index (κ2) is 6.67. The number of aliphatic carboxylic acids is 1. The van der Waals surface area contributed by atoms with Crippen molar-refractivity contribution in [1.29, 1.82) is 0 Å². The van der Waals surface area contributed by atoms with Gasteiger partial charge in [0.25, 0.3) is 0 Å². The van der Waals surface area contributed by atoms with Crippen LogP contribution >= 0.6 is 0 Å². The normalized spacial score (nSPS) is 11.7. The number of hydrogen-bond acceptors (Lipinski definition) is 3. The highest BCUT2D eigenvalue weighted by atomic mass is 19.1. The van der Waals surface area contributed by atoms with E-state index in [9.17, 15) is 18.4 Å². The van der Waals surface area contributed by atoms with Crippen molar-refractivity contribution >= 4 is 11.9 Å². The van der Waals surface area contributed by atoms with Crippen LogP contribution in [0.1, 0.15) is 6.92 Å². The number of carboxylic acid groups (broad SMARTS) is 1. The first kappa shape index (κ1) is 14.9. The zero-order valence-electron chi connectivity index (χ0n) is 10.2. The molecule has 0 aliphatic carbocycles. The van der Waals surface area contributed by atoms with Crippen LogP contribution < -0.4 is 10.1 Å².